The highest BCUT2D eigenvalue weighted by Crippen LogP contribution is 2.03. The Morgan fingerprint density at radius 2 is 2.16 bits per heavy atom. The standard InChI is InChI=1S/C12H19N3O3S/c1-10(2)15(19(3,17)18)8-7-14-12(16)11-5-4-6-13-9-11/h4-6,9-10H,7-8H2,1-3H3,(H,14,16). The second-order valence-corrected chi connectivity index (χ2v) is 6.40. The molecule has 106 valence electrons. The molecule has 1 rings (SSSR count). The molecule has 0 fully saturated rings. The van der Waals surface area contributed by atoms with E-state index in [1.54, 1.807) is 32.2 Å². The molecule has 0 aliphatic heterocycles. The van der Waals surface area contributed by atoms with Gasteiger partial charge in [-0.05, 0) is 26.0 Å². The Morgan fingerprint density at radius 1 is 1.47 bits per heavy atom. The highest BCUT2D eigenvalue weighted by molar-refractivity contribution is 7.88. The molecule has 0 saturated carbocycles. The van der Waals surface area contributed by atoms with Crippen molar-refractivity contribution in [2.75, 3.05) is 19.3 Å². The lowest BCUT2D eigenvalue weighted by Gasteiger charge is -2.23. The Balaban J connectivity index is 2.52. The largest absolute Gasteiger partial charge is 0.351 e. The summed E-state index contributed by atoms with van der Waals surface area (Å²) in [4.78, 5) is 15.6. The number of amides is 1. The number of pyridine rings is 1. The zero-order chi connectivity index (χ0) is 14.5. The molecule has 1 heterocycles. The van der Waals surface area contributed by atoms with E-state index >= 15 is 0 Å². The smallest absolute Gasteiger partial charge is 0.252 e. The third kappa shape index (κ3) is 4.96. The first-order chi connectivity index (χ1) is 8.82. The van der Waals surface area contributed by atoms with Gasteiger partial charge in [-0.3, -0.25) is 9.78 Å². The van der Waals surface area contributed by atoms with E-state index in [1.165, 1.54) is 10.5 Å². The third-order valence-corrected chi connectivity index (χ3v) is 4.00. The van der Waals surface area contributed by atoms with Gasteiger partial charge in [0.2, 0.25) is 10.0 Å². The van der Waals surface area contributed by atoms with E-state index in [0.29, 0.717) is 5.56 Å². The predicted molar refractivity (Wildman–Crippen MR) is 73.3 cm³/mol. The van der Waals surface area contributed by atoms with Crippen LogP contribution in [0.1, 0.15) is 24.2 Å². The van der Waals surface area contributed by atoms with Crippen molar-refractivity contribution in [1.82, 2.24) is 14.6 Å². The first-order valence-electron chi connectivity index (χ1n) is 5.97. The molecule has 0 radical (unpaired) electrons. The lowest BCUT2D eigenvalue weighted by molar-refractivity contribution is 0.0950. The van der Waals surface area contributed by atoms with Crippen LogP contribution in [0, 0.1) is 0 Å². The quantitative estimate of drug-likeness (QED) is 0.824. The summed E-state index contributed by atoms with van der Waals surface area (Å²) in [5.74, 6) is -0.259. The van der Waals surface area contributed by atoms with Gasteiger partial charge in [0.1, 0.15) is 0 Å². The van der Waals surface area contributed by atoms with Crippen molar-refractivity contribution in [3.63, 3.8) is 0 Å². The van der Waals surface area contributed by atoms with Crippen molar-refractivity contribution < 1.29 is 13.2 Å². The van der Waals surface area contributed by atoms with Crippen LogP contribution < -0.4 is 5.32 Å². The van der Waals surface area contributed by atoms with Crippen LogP contribution in [0.25, 0.3) is 0 Å². The number of nitrogens with zero attached hydrogens (tertiary/aromatic N) is 2. The number of carbonyl (C=O) groups is 1. The SMILES string of the molecule is CC(C)N(CCNC(=O)c1cccnc1)S(C)(=O)=O. The number of carbonyl (C=O) groups excluding carboxylic acids is 1. The normalized spacial score (nSPS) is 11.8. The zero-order valence-corrected chi connectivity index (χ0v) is 12.1. The lowest BCUT2D eigenvalue weighted by atomic mass is 10.3. The molecule has 0 unspecified atom stereocenters. The predicted octanol–water partition coefficient (Wildman–Crippen LogP) is 0.481. The van der Waals surface area contributed by atoms with Crippen molar-refractivity contribution in [2.45, 2.75) is 19.9 Å². The van der Waals surface area contributed by atoms with Gasteiger partial charge in [-0.1, -0.05) is 0 Å². The zero-order valence-electron chi connectivity index (χ0n) is 11.3. The Labute approximate surface area is 113 Å². The summed E-state index contributed by atoms with van der Waals surface area (Å²) in [6, 6.07) is 3.19. The summed E-state index contributed by atoms with van der Waals surface area (Å²) in [6.45, 7) is 4.11. The van der Waals surface area contributed by atoms with Crippen molar-refractivity contribution in [1.29, 1.82) is 0 Å². The van der Waals surface area contributed by atoms with E-state index in [2.05, 4.69) is 10.3 Å². The molecule has 0 spiro atoms. The van der Waals surface area contributed by atoms with Crippen molar-refractivity contribution >= 4 is 15.9 Å². The van der Waals surface area contributed by atoms with Crippen LogP contribution in [0.15, 0.2) is 24.5 Å². The maximum absolute atomic E-state index is 11.7. The fraction of sp³-hybridized carbons (Fsp3) is 0.500. The summed E-state index contributed by atoms with van der Waals surface area (Å²) in [5.41, 5.74) is 0.456. The van der Waals surface area contributed by atoms with Crippen LogP contribution >= 0.6 is 0 Å². The number of rotatable bonds is 6. The van der Waals surface area contributed by atoms with Crippen LogP contribution in [-0.2, 0) is 10.0 Å². The summed E-state index contributed by atoms with van der Waals surface area (Å²) >= 11 is 0. The number of nitrogens with one attached hydrogen (secondary N) is 1. The van der Waals surface area contributed by atoms with Crippen LogP contribution in [0.3, 0.4) is 0 Å². The van der Waals surface area contributed by atoms with E-state index in [0.717, 1.165) is 6.26 Å². The summed E-state index contributed by atoms with van der Waals surface area (Å²) in [7, 11) is -3.26. The molecule has 0 aromatic carbocycles. The van der Waals surface area contributed by atoms with Crippen molar-refractivity contribution in [2.24, 2.45) is 0 Å². The molecule has 0 saturated heterocycles. The fourth-order valence-corrected chi connectivity index (χ4v) is 2.87. The van der Waals surface area contributed by atoms with Gasteiger partial charge < -0.3 is 5.32 Å². The van der Waals surface area contributed by atoms with Crippen LogP contribution in [0.4, 0.5) is 0 Å². The molecule has 6 nitrogen and oxygen atoms in total. The second-order valence-electron chi connectivity index (χ2n) is 4.47. The minimum atomic E-state index is -3.26. The molecule has 0 aliphatic carbocycles. The molecule has 0 bridgehead atoms. The molecule has 1 aromatic heterocycles. The number of sulfonamides is 1. The van der Waals surface area contributed by atoms with E-state index in [9.17, 15) is 13.2 Å². The molecule has 1 N–H and O–H groups in total. The second kappa shape index (κ2) is 6.63. The van der Waals surface area contributed by atoms with E-state index < -0.39 is 10.0 Å². The average Bonchev–Trinajstić information content (AvgIpc) is 2.33. The number of aromatic nitrogens is 1. The molecular formula is C12H19N3O3S. The molecule has 7 heteroatoms. The fourth-order valence-electron chi connectivity index (χ4n) is 1.69. The first kappa shape index (κ1) is 15.6. The van der Waals surface area contributed by atoms with Gasteiger partial charge in [0.25, 0.3) is 5.91 Å². The number of hydrogen-bond donors (Lipinski definition) is 1. The van der Waals surface area contributed by atoms with Crippen LogP contribution in [-0.4, -0.2) is 49.0 Å². The summed E-state index contributed by atoms with van der Waals surface area (Å²) in [5, 5.41) is 2.67. The molecule has 1 amide bonds. The Bertz CT molecular complexity index is 514. The van der Waals surface area contributed by atoms with E-state index in [4.69, 9.17) is 0 Å². The van der Waals surface area contributed by atoms with Gasteiger partial charge in [0.05, 0.1) is 11.8 Å². The minimum Gasteiger partial charge on any atom is -0.351 e. The third-order valence-electron chi connectivity index (χ3n) is 2.54. The molecule has 19 heavy (non-hydrogen) atoms. The van der Waals surface area contributed by atoms with E-state index in [1.807, 2.05) is 0 Å². The number of hydrogen-bond acceptors (Lipinski definition) is 4. The van der Waals surface area contributed by atoms with Gasteiger partial charge in [0, 0.05) is 31.5 Å². The van der Waals surface area contributed by atoms with Gasteiger partial charge >= 0.3 is 0 Å². The topological polar surface area (TPSA) is 79.4 Å². The maximum Gasteiger partial charge on any atom is 0.252 e. The highest BCUT2D eigenvalue weighted by Gasteiger charge is 2.19. The van der Waals surface area contributed by atoms with Gasteiger partial charge in [-0.25, -0.2) is 8.42 Å². The average molecular weight is 285 g/mol. The van der Waals surface area contributed by atoms with Crippen LogP contribution in [0.5, 0.6) is 0 Å². The Hall–Kier alpha value is -1.47. The maximum atomic E-state index is 11.7. The van der Waals surface area contributed by atoms with Gasteiger partial charge in [0.15, 0.2) is 0 Å². The van der Waals surface area contributed by atoms with Crippen molar-refractivity contribution in [3.05, 3.63) is 30.1 Å². The Kier molecular flexibility index (Phi) is 5.44. The van der Waals surface area contributed by atoms with E-state index in [-0.39, 0.29) is 25.0 Å². The summed E-state index contributed by atoms with van der Waals surface area (Å²) < 4.78 is 24.4. The van der Waals surface area contributed by atoms with Crippen molar-refractivity contribution in [3.8, 4) is 0 Å². The van der Waals surface area contributed by atoms with Gasteiger partial charge in [-0.15, -0.1) is 0 Å². The minimum absolute atomic E-state index is 0.134. The molecule has 0 atom stereocenters. The Morgan fingerprint density at radius 3 is 2.63 bits per heavy atom. The van der Waals surface area contributed by atoms with Gasteiger partial charge in [-0.2, -0.15) is 4.31 Å². The molecular weight excluding hydrogens is 266 g/mol. The first-order valence-corrected chi connectivity index (χ1v) is 7.82. The molecule has 1 aromatic rings. The van der Waals surface area contributed by atoms with Crippen LogP contribution in [0.2, 0.25) is 0 Å². The monoisotopic (exact) mass is 285 g/mol. The lowest BCUT2D eigenvalue weighted by Crippen LogP contribution is -2.41. The highest BCUT2D eigenvalue weighted by atomic mass is 32.2. The molecule has 0 aliphatic rings. The summed E-state index contributed by atoms with van der Waals surface area (Å²) in [6.07, 6.45) is 4.21.